The third-order valence-electron chi connectivity index (χ3n) is 5.49. The number of carbonyl (C=O) groups excluding carboxylic acids is 2. The predicted molar refractivity (Wildman–Crippen MR) is 123 cm³/mol. The molecule has 0 spiro atoms. The molecule has 2 aromatic carbocycles. The minimum Gasteiger partial charge on any atom is -0.326 e. The van der Waals surface area contributed by atoms with Gasteiger partial charge in [0, 0.05) is 35.8 Å². The predicted octanol–water partition coefficient (Wildman–Crippen LogP) is 3.86. The summed E-state index contributed by atoms with van der Waals surface area (Å²) in [4.78, 5) is 23.8. The lowest BCUT2D eigenvalue weighted by Crippen LogP contribution is -2.40. The Kier molecular flexibility index (Phi) is 7.12. The van der Waals surface area contributed by atoms with Crippen LogP contribution in [0.15, 0.2) is 48.5 Å². The fourth-order valence-corrected chi connectivity index (χ4v) is 4.78. The van der Waals surface area contributed by atoms with Crippen LogP contribution in [-0.2, 0) is 14.8 Å². The maximum atomic E-state index is 12.6. The van der Waals surface area contributed by atoms with Crippen molar-refractivity contribution in [3.63, 3.8) is 0 Å². The van der Waals surface area contributed by atoms with E-state index >= 15 is 0 Å². The Morgan fingerprint density at radius 3 is 2.32 bits per heavy atom. The lowest BCUT2D eigenvalue weighted by molar-refractivity contribution is -0.114. The molecule has 3 N–H and O–H groups in total. The highest BCUT2D eigenvalue weighted by atomic mass is 32.2. The first-order valence-electron chi connectivity index (χ1n) is 10.5. The molecule has 1 fully saturated rings. The average molecular weight is 444 g/mol. The number of sulfonamides is 1. The zero-order valence-electron chi connectivity index (χ0n) is 18.0. The fourth-order valence-electron chi connectivity index (χ4n) is 3.81. The highest BCUT2D eigenvalue weighted by molar-refractivity contribution is 7.90. The Morgan fingerprint density at radius 2 is 1.68 bits per heavy atom. The lowest BCUT2D eigenvalue weighted by Gasteiger charge is -2.23. The van der Waals surface area contributed by atoms with Gasteiger partial charge in [0.05, 0.1) is 5.25 Å². The maximum Gasteiger partial charge on any atom is 0.255 e. The van der Waals surface area contributed by atoms with E-state index in [0.717, 1.165) is 24.8 Å². The van der Waals surface area contributed by atoms with Gasteiger partial charge < -0.3 is 10.6 Å². The third-order valence-corrected chi connectivity index (χ3v) is 7.37. The van der Waals surface area contributed by atoms with Gasteiger partial charge in [0.1, 0.15) is 0 Å². The van der Waals surface area contributed by atoms with Crippen LogP contribution in [0.2, 0.25) is 0 Å². The van der Waals surface area contributed by atoms with E-state index in [0.29, 0.717) is 16.9 Å². The van der Waals surface area contributed by atoms with Gasteiger partial charge in [0.25, 0.3) is 5.91 Å². The summed E-state index contributed by atoms with van der Waals surface area (Å²) in [6, 6.07) is 14.2. The molecule has 8 heteroatoms. The van der Waals surface area contributed by atoms with Gasteiger partial charge in [0.15, 0.2) is 0 Å². The SMILES string of the molecule is CC(=O)Nc1cccc(C(=O)Nc2ccc(C3CCCC3NS(=O)(=O)C(C)C)cc2)c1. The molecule has 0 heterocycles. The van der Waals surface area contributed by atoms with E-state index in [1.165, 1.54) is 6.92 Å². The Morgan fingerprint density at radius 1 is 0.968 bits per heavy atom. The molecule has 7 nitrogen and oxygen atoms in total. The van der Waals surface area contributed by atoms with Gasteiger partial charge in [-0.15, -0.1) is 0 Å². The molecule has 0 bridgehead atoms. The van der Waals surface area contributed by atoms with Gasteiger partial charge in [-0.3, -0.25) is 9.59 Å². The number of anilines is 2. The molecule has 0 saturated heterocycles. The Balaban J connectivity index is 1.67. The number of carbonyl (C=O) groups is 2. The molecule has 2 unspecified atom stereocenters. The van der Waals surface area contributed by atoms with Crippen LogP contribution in [0.25, 0.3) is 0 Å². The molecule has 31 heavy (non-hydrogen) atoms. The molecule has 166 valence electrons. The summed E-state index contributed by atoms with van der Waals surface area (Å²) in [5.41, 5.74) is 2.71. The molecule has 2 amide bonds. The summed E-state index contributed by atoms with van der Waals surface area (Å²) in [5.74, 6) is -0.356. The van der Waals surface area contributed by atoms with Crippen LogP contribution in [0.5, 0.6) is 0 Å². The maximum absolute atomic E-state index is 12.6. The summed E-state index contributed by atoms with van der Waals surface area (Å²) in [5, 5.41) is 5.06. The van der Waals surface area contributed by atoms with Crippen molar-refractivity contribution >= 4 is 33.2 Å². The van der Waals surface area contributed by atoms with Crippen molar-refractivity contribution in [3.05, 3.63) is 59.7 Å². The van der Waals surface area contributed by atoms with E-state index < -0.39 is 15.3 Å². The molecule has 3 rings (SSSR count). The highest BCUT2D eigenvalue weighted by Gasteiger charge is 2.32. The first kappa shape index (κ1) is 23.0. The molecule has 2 aromatic rings. The normalized spacial score (nSPS) is 18.7. The van der Waals surface area contributed by atoms with E-state index in [1.807, 2.05) is 24.3 Å². The quantitative estimate of drug-likeness (QED) is 0.604. The topological polar surface area (TPSA) is 104 Å². The van der Waals surface area contributed by atoms with E-state index in [4.69, 9.17) is 0 Å². The summed E-state index contributed by atoms with van der Waals surface area (Å²) in [6.45, 7) is 4.77. The first-order valence-corrected chi connectivity index (χ1v) is 12.0. The van der Waals surface area contributed by atoms with E-state index in [2.05, 4.69) is 15.4 Å². The molecule has 1 aliphatic carbocycles. The largest absolute Gasteiger partial charge is 0.326 e. The number of hydrogen-bond donors (Lipinski definition) is 3. The fraction of sp³-hybridized carbons (Fsp3) is 0.391. The second kappa shape index (κ2) is 9.62. The standard InChI is InChI=1S/C23H29N3O4S/c1-15(2)31(29,30)26-22-9-5-8-21(22)17-10-12-19(13-11-17)25-23(28)18-6-4-7-20(14-18)24-16(3)27/h4,6-7,10-15,21-22,26H,5,8-9H2,1-3H3,(H,24,27)(H,25,28). The van der Waals surface area contributed by atoms with Crippen LogP contribution in [0, 0.1) is 0 Å². The first-order chi connectivity index (χ1) is 14.7. The summed E-state index contributed by atoms with van der Waals surface area (Å²) < 4.78 is 27.4. The van der Waals surface area contributed by atoms with Gasteiger partial charge in [-0.05, 0) is 62.6 Å². The van der Waals surface area contributed by atoms with Crippen LogP contribution in [-0.4, -0.2) is 31.5 Å². The molecule has 1 saturated carbocycles. The van der Waals surface area contributed by atoms with Crippen LogP contribution >= 0.6 is 0 Å². The van der Waals surface area contributed by atoms with Gasteiger partial charge in [-0.25, -0.2) is 13.1 Å². The second-order valence-corrected chi connectivity index (χ2v) is 10.5. The molecular weight excluding hydrogens is 414 g/mol. The number of rotatable bonds is 7. The number of amides is 2. The summed E-state index contributed by atoms with van der Waals surface area (Å²) in [6.07, 6.45) is 2.71. The van der Waals surface area contributed by atoms with Crippen molar-refractivity contribution < 1.29 is 18.0 Å². The van der Waals surface area contributed by atoms with Crippen molar-refractivity contribution in [3.8, 4) is 0 Å². The van der Waals surface area contributed by atoms with E-state index in [1.54, 1.807) is 38.1 Å². The number of benzene rings is 2. The molecule has 2 atom stereocenters. The smallest absolute Gasteiger partial charge is 0.255 e. The van der Waals surface area contributed by atoms with Crippen LogP contribution in [0.4, 0.5) is 11.4 Å². The molecular formula is C23H29N3O4S. The van der Waals surface area contributed by atoms with E-state index in [9.17, 15) is 18.0 Å². The lowest BCUT2D eigenvalue weighted by atomic mass is 9.94. The second-order valence-electron chi connectivity index (χ2n) is 8.19. The molecule has 0 aliphatic heterocycles. The van der Waals surface area contributed by atoms with Crippen LogP contribution < -0.4 is 15.4 Å². The monoisotopic (exact) mass is 443 g/mol. The highest BCUT2D eigenvalue weighted by Crippen LogP contribution is 2.35. The molecule has 0 radical (unpaired) electrons. The number of hydrogen-bond acceptors (Lipinski definition) is 4. The Labute approximate surface area is 183 Å². The summed E-state index contributed by atoms with van der Waals surface area (Å²) >= 11 is 0. The Bertz CT molecular complexity index is 1050. The third kappa shape index (κ3) is 5.92. The minimum atomic E-state index is -3.32. The van der Waals surface area contributed by atoms with Gasteiger partial charge in [0.2, 0.25) is 15.9 Å². The van der Waals surface area contributed by atoms with Crippen molar-refractivity contribution in [2.24, 2.45) is 0 Å². The minimum absolute atomic E-state index is 0.107. The van der Waals surface area contributed by atoms with Gasteiger partial charge >= 0.3 is 0 Å². The van der Waals surface area contributed by atoms with Crippen molar-refractivity contribution in [2.75, 3.05) is 10.6 Å². The van der Waals surface area contributed by atoms with E-state index in [-0.39, 0.29) is 23.8 Å². The van der Waals surface area contributed by atoms with Crippen molar-refractivity contribution in [1.29, 1.82) is 0 Å². The molecule has 0 aromatic heterocycles. The average Bonchev–Trinajstić information content (AvgIpc) is 3.15. The van der Waals surface area contributed by atoms with Gasteiger partial charge in [-0.1, -0.05) is 24.6 Å². The zero-order chi connectivity index (χ0) is 22.6. The van der Waals surface area contributed by atoms with Gasteiger partial charge in [-0.2, -0.15) is 0 Å². The number of nitrogens with one attached hydrogen (secondary N) is 3. The van der Waals surface area contributed by atoms with Crippen molar-refractivity contribution in [1.82, 2.24) is 4.72 Å². The Hall–Kier alpha value is -2.71. The van der Waals surface area contributed by atoms with Crippen molar-refractivity contribution in [2.45, 2.75) is 57.2 Å². The van der Waals surface area contributed by atoms with Crippen LogP contribution in [0.3, 0.4) is 0 Å². The van der Waals surface area contributed by atoms with Crippen LogP contribution in [0.1, 0.15) is 61.9 Å². The zero-order valence-corrected chi connectivity index (χ0v) is 18.8. The molecule has 1 aliphatic rings. The summed E-state index contributed by atoms with van der Waals surface area (Å²) in [7, 11) is -3.32.